The van der Waals surface area contributed by atoms with Gasteiger partial charge in [-0.3, -0.25) is 0 Å². The van der Waals surface area contributed by atoms with Crippen LogP contribution < -0.4 is 0 Å². The van der Waals surface area contributed by atoms with Crippen molar-refractivity contribution in [3.8, 4) is 11.8 Å². The molecule has 0 bridgehead atoms. The molecule has 1 rings (SSSR count). The maximum Gasteiger partial charge on any atom is 0.0276 e. The summed E-state index contributed by atoms with van der Waals surface area (Å²) in [6.45, 7) is 2.01. The molecule has 0 saturated carbocycles. The summed E-state index contributed by atoms with van der Waals surface area (Å²) in [6.07, 6.45) is 16.3. The van der Waals surface area contributed by atoms with Gasteiger partial charge < -0.3 is 0 Å². The van der Waals surface area contributed by atoms with Gasteiger partial charge in [-0.25, -0.2) is 0 Å². The van der Waals surface area contributed by atoms with Crippen LogP contribution in [0.15, 0.2) is 48.1 Å². The minimum absolute atomic E-state index is 0.874. The Bertz CT molecular complexity index is 314. The summed E-state index contributed by atoms with van der Waals surface area (Å²) in [5, 5.41) is 0. The van der Waals surface area contributed by atoms with E-state index in [0.717, 1.165) is 12.8 Å². The third kappa shape index (κ3) is 4.18. The molecule has 0 aromatic heterocycles. The van der Waals surface area contributed by atoms with E-state index < -0.39 is 0 Å². The van der Waals surface area contributed by atoms with Crippen LogP contribution in [0, 0.1) is 11.8 Å². The van der Waals surface area contributed by atoms with Crippen molar-refractivity contribution in [3.05, 3.63) is 48.1 Å². The Morgan fingerprint density at radius 3 is 3.23 bits per heavy atom. The average Bonchev–Trinajstić information content (AvgIpc) is 2.41. The molecule has 0 fully saturated rings. The molecule has 0 heteroatoms. The van der Waals surface area contributed by atoms with Gasteiger partial charge in [-0.05, 0) is 13.3 Å². The normalized spacial score (nSPS) is 15.6. The smallest absolute Gasteiger partial charge is 0.0276 e. The first kappa shape index (κ1) is 9.61. The highest BCUT2D eigenvalue weighted by Gasteiger charge is 1.88. The molecule has 0 N–H and O–H groups in total. The summed E-state index contributed by atoms with van der Waals surface area (Å²) in [7, 11) is 0. The van der Waals surface area contributed by atoms with Crippen LogP contribution in [-0.4, -0.2) is 0 Å². The zero-order valence-electron chi connectivity index (χ0n) is 7.96. The first-order chi connectivity index (χ1) is 6.43. The SMILES string of the molecule is C/C=C\C=C/CC1=CC=CCC#C1. The summed E-state index contributed by atoms with van der Waals surface area (Å²) in [4.78, 5) is 0. The first-order valence-electron chi connectivity index (χ1n) is 4.56. The zero-order valence-corrected chi connectivity index (χ0v) is 7.96. The van der Waals surface area contributed by atoms with Gasteiger partial charge in [0.25, 0.3) is 0 Å². The summed E-state index contributed by atoms with van der Waals surface area (Å²) in [5.41, 5.74) is 1.19. The van der Waals surface area contributed by atoms with Crippen molar-refractivity contribution in [2.24, 2.45) is 0 Å². The second-order valence-electron chi connectivity index (χ2n) is 2.78. The number of allylic oxidation sites excluding steroid dienone is 8. The fourth-order valence-electron chi connectivity index (χ4n) is 1.02. The average molecular weight is 170 g/mol. The van der Waals surface area contributed by atoms with Crippen LogP contribution >= 0.6 is 0 Å². The first-order valence-corrected chi connectivity index (χ1v) is 4.56. The summed E-state index contributed by atoms with van der Waals surface area (Å²) in [5.74, 6) is 6.21. The monoisotopic (exact) mass is 170 g/mol. The van der Waals surface area contributed by atoms with Gasteiger partial charge in [-0.2, -0.15) is 0 Å². The number of rotatable bonds is 3. The van der Waals surface area contributed by atoms with E-state index in [1.54, 1.807) is 0 Å². The zero-order chi connectivity index (χ0) is 9.36. The molecule has 0 amide bonds. The highest BCUT2D eigenvalue weighted by molar-refractivity contribution is 5.36. The van der Waals surface area contributed by atoms with Crippen LogP contribution in [0.1, 0.15) is 19.8 Å². The molecular formula is C13H14. The third-order valence-corrected chi connectivity index (χ3v) is 1.68. The quantitative estimate of drug-likeness (QED) is 0.450. The van der Waals surface area contributed by atoms with E-state index in [1.165, 1.54) is 5.57 Å². The van der Waals surface area contributed by atoms with Gasteiger partial charge in [0.1, 0.15) is 0 Å². The van der Waals surface area contributed by atoms with Gasteiger partial charge in [0.15, 0.2) is 0 Å². The van der Waals surface area contributed by atoms with Gasteiger partial charge in [-0.15, -0.1) is 0 Å². The highest BCUT2D eigenvalue weighted by atomic mass is 13.9. The predicted molar refractivity (Wildman–Crippen MR) is 58.2 cm³/mol. The Hall–Kier alpha value is -1.48. The van der Waals surface area contributed by atoms with Crippen LogP contribution in [0.4, 0.5) is 0 Å². The largest absolute Gasteiger partial charge is 0.0941 e. The van der Waals surface area contributed by atoms with Crippen molar-refractivity contribution in [1.82, 2.24) is 0 Å². The summed E-state index contributed by atoms with van der Waals surface area (Å²) >= 11 is 0. The molecule has 0 heterocycles. The minimum atomic E-state index is 0.874. The van der Waals surface area contributed by atoms with E-state index in [0.29, 0.717) is 0 Å². The van der Waals surface area contributed by atoms with Crippen molar-refractivity contribution >= 4 is 0 Å². The van der Waals surface area contributed by atoms with Crippen LogP contribution in [0.3, 0.4) is 0 Å². The van der Waals surface area contributed by atoms with Crippen LogP contribution in [0.2, 0.25) is 0 Å². The van der Waals surface area contributed by atoms with Gasteiger partial charge in [0, 0.05) is 12.0 Å². The summed E-state index contributed by atoms with van der Waals surface area (Å²) in [6, 6.07) is 0. The van der Waals surface area contributed by atoms with Gasteiger partial charge in [0.05, 0.1) is 0 Å². The van der Waals surface area contributed by atoms with Crippen molar-refractivity contribution in [2.75, 3.05) is 0 Å². The van der Waals surface area contributed by atoms with E-state index in [4.69, 9.17) is 0 Å². The van der Waals surface area contributed by atoms with E-state index in [-0.39, 0.29) is 0 Å². The fourth-order valence-corrected chi connectivity index (χ4v) is 1.02. The molecule has 0 radical (unpaired) electrons. The molecule has 0 spiro atoms. The van der Waals surface area contributed by atoms with Crippen molar-refractivity contribution in [1.29, 1.82) is 0 Å². The number of hydrogen-bond acceptors (Lipinski definition) is 0. The molecule has 0 atom stereocenters. The van der Waals surface area contributed by atoms with Crippen molar-refractivity contribution in [2.45, 2.75) is 19.8 Å². The molecule has 1 aliphatic rings. The van der Waals surface area contributed by atoms with Gasteiger partial charge in [-0.1, -0.05) is 54.4 Å². The highest BCUT2D eigenvalue weighted by Crippen LogP contribution is 2.04. The molecule has 0 unspecified atom stereocenters. The maximum absolute atomic E-state index is 3.13. The molecule has 0 nitrogen and oxygen atoms in total. The maximum atomic E-state index is 3.13. The van der Waals surface area contributed by atoms with E-state index in [9.17, 15) is 0 Å². The summed E-state index contributed by atoms with van der Waals surface area (Å²) < 4.78 is 0. The second kappa shape index (κ2) is 6.08. The number of hydrogen-bond donors (Lipinski definition) is 0. The van der Waals surface area contributed by atoms with Crippen LogP contribution in [0.5, 0.6) is 0 Å². The molecule has 0 saturated heterocycles. The second-order valence-corrected chi connectivity index (χ2v) is 2.78. The lowest BCUT2D eigenvalue weighted by atomic mass is 10.2. The van der Waals surface area contributed by atoms with Crippen molar-refractivity contribution in [3.63, 3.8) is 0 Å². The Morgan fingerprint density at radius 2 is 2.38 bits per heavy atom. The Kier molecular flexibility index (Phi) is 4.49. The molecule has 0 aliphatic heterocycles. The lowest BCUT2D eigenvalue weighted by Crippen LogP contribution is -1.73. The van der Waals surface area contributed by atoms with E-state index in [1.807, 2.05) is 19.1 Å². The fraction of sp³-hybridized carbons (Fsp3) is 0.231. The Balaban J connectivity index is 2.47. The predicted octanol–water partition coefficient (Wildman–Crippen LogP) is 3.40. The molecular weight excluding hydrogens is 156 g/mol. The lowest BCUT2D eigenvalue weighted by molar-refractivity contribution is 1.31. The molecule has 1 aliphatic carbocycles. The van der Waals surface area contributed by atoms with Crippen LogP contribution in [-0.2, 0) is 0 Å². The molecule has 0 aromatic carbocycles. The molecule has 13 heavy (non-hydrogen) atoms. The van der Waals surface area contributed by atoms with E-state index in [2.05, 4.69) is 42.2 Å². The lowest BCUT2D eigenvalue weighted by Gasteiger charge is -1.89. The Morgan fingerprint density at radius 1 is 1.46 bits per heavy atom. The van der Waals surface area contributed by atoms with Gasteiger partial charge >= 0.3 is 0 Å². The topological polar surface area (TPSA) is 0 Å². The molecule has 66 valence electrons. The van der Waals surface area contributed by atoms with Crippen LogP contribution in [0.25, 0.3) is 0 Å². The minimum Gasteiger partial charge on any atom is -0.0941 e. The van der Waals surface area contributed by atoms with E-state index >= 15 is 0 Å². The van der Waals surface area contributed by atoms with Gasteiger partial charge in [0.2, 0.25) is 0 Å². The molecule has 0 aromatic rings. The Labute approximate surface area is 80.4 Å². The standard InChI is InChI=1S/C13H14/c1-2-3-4-7-10-13-11-8-5-6-9-12-13/h2-5,7-8,11H,6,10H2,1H3/b3-2-,7-4-. The third-order valence-electron chi connectivity index (χ3n) is 1.68. The van der Waals surface area contributed by atoms with Crippen molar-refractivity contribution < 1.29 is 0 Å².